The maximum atomic E-state index is 11.9. The monoisotopic (exact) mass is 248 g/mol. The second-order valence-corrected chi connectivity index (χ2v) is 3.89. The zero-order valence-electron chi connectivity index (χ0n) is 9.90. The maximum Gasteiger partial charge on any atom is 0.354 e. The van der Waals surface area contributed by atoms with Crippen LogP contribution in [0.2, 0.25) is 0 Å². The SMILES string of the molecule is Cc1cc(NC(=O)c2ccoc2C)c(C(=O)O)[nH]1. The summed E-state index contributed by atoms with van der Waals surface area (Å²) in [4.78, 5) is 25.5. The number of carbonyl (C=O) groups is 2. The number of rotatable bonds is 3. The normalized spacial score (nSPS) is 10.3. The van der Waals surface area contributed by atoms with Crippen molar-refractivity contribution in [2.24, 2.45) is 0 Å². The number of H-pyrrole nitrogens is 1. The molecule has 2 aromatic heterocycles. The van der Waals surface area contributed by atoms with E-state index in [2.05, 4.69) is 10.3 Å². The van der Waals surface area contributed by atoms with Gasteiger partial charge in [-0.1, -0.05) is 0 Å². The number of anilines is 1. The fraction of sp³-hybridized carbons (Fsp3) is 0.167. The number of aryl methyl sites for hydroxylation is 2. The highest BCUT2D eigenvalue weighted by Gasteiger charge is 2.17. The van der Waals surface area contributed by atoms with Gasteiger partial charge in [-0.15, -0.1) is 0 Å². The fourth-order valence-corrected chi connectivity index (χ4v) is 1.67. The van der Waals surface area contributed by atoms with Crippen molar-refractivity contribution < 1.29 is 19.1 Å². The molecule has 0 aliphatic rings. The molecule has 0 saturated heterocycles. The number of hydrogen-bond acceptors (Lipinski definition) is 3. The van der Waals surface area contributed by atoms with Crippen LogP contribution >= 0.6 is 0 Å². The third-order valence-corrected chi connectivity index (χ3v) is 2.52. The topological polar surface area (TPSA) is 95.3 Å². The van der Waals surface area contributed by atoms with Gasteiger partial charge in [0.15, 0.2) is 0 Å². The largest absolute Gasteiger partial charge is 0.477 e. The van der Waals surface area contributed by atoms with Crippen LogP contribution in [0.1, 0.15) is 32.3 Å². The van der Waals surface area contributed by atoms with Crippen LogP contribution in [0.3, 0.4) is 0 Å². The number of carbonyl (C=O) groups excluding carboxylic acids is 1. The Morgan fingerprint density at radius 3 is 2.67 bits per heavy atom. The van der Waals surface area contributed by atoms with E-state index in [-0.39, 0.29) is 11.4 Å². The van der Waals surface area contributed by atoms with Gasteiger partial charge in [-0.3, -0.25) is 4.79 Å². The molecule has 1 amide bonds. The number of furan rings is 1. The van der Waals surface area contributed by atoms with E-state index < -0.39 is 11.9 Å². The molecule has 0 aromatic carbocycles. The summed E-state index contributed by atoms with van der Waals surface area (Å²) in [7, 11) is 0. The third-order valence-electron chi connectivity index (χ3n) is 2.52. The number of aromatic amines is 1. The molecule has 0 aliphatic carbocycles. The summed E-state index contributed by atoms with van der Waals surface area (Å²) in [5, 5.41) is 11.5. The van der Waals surface area contributed by atoms with Crippen molar-refractivity contribution in [3.63, 3.8) is 0 Å². The summed E-state index contributed by atoms with van der Waals surface area (Å²) >= 11 is 0. The van der Waals surface area contributed by atoms with Gasteiger partial charge in [-0.05, 0) is 26.0 Å². The van der Waals surface area contributed by atoms with Gasteiger partial charge in [0.05, 0.1) is 17.5 Å². The van der Waals surface area contributed by atoms with Gasteiger partial charge >= 0.3 is 5.97 Å². The smallest absolute Gasteiger partial charge is 0.354 e. The molecule has 0 atom stereocenters. The Balaban J connectivity index is 2.27. The van der Waals surface area contributed by atoms with Crippen molar-refractivity contribution >= 4 is 17.6 Å². The molecule has 3 N–H and O–H groups in total. The Morgan fingerprint density at radius 1 is 1.39 bits per heavy atom. The van der Waals surface area contributed by atoms with Crippen molar-refractivity contribution in [2.75, 3.05) is 5.32 Å². The molecule has 0 bridgehead atoms. The van der Waals surface area contributed by atoms with Crippen molar-refractivity contribution in [1.82, 2.24) is 4.98 Å². The molecule has 0 radical (unpaired) electrons. The lowest BCUT2D eigenvalue weighted by molar-refractivity contribution is 0.0692. The maximum absolute atomic E-state index is 11.9. The van der Waals surface area contributed by atoms with Gasteiger partial charge in [0, 0.05) is 5.69 Å². The molecular weight excluding hydrogens is 236 g/mol. The number of hydrogen-bond donors (Lipinski definition) is 3. The van der Waals surface area contributed by atoms with E-state index in [1.54, 1.807) is 19.9 Å². The Morgan fingerprint density at radius 2 is 2.11 bits per heavy atom. The van der Waals surface area contributed by atoms with Gasteiger partial charge in [-0.2, -0.15) is 0 Å². The van der Waals surface area contributed by atoms with E-state index in [0.717, 1.165) is 0 Å². The third kappa shape index (κ3) is 2.13. The second kappa shape index (κ2) is 4.40. The molecule has 0 aliphatic heterocycles. The standard InChI is InChI=1S/C12H12N2O4/c1-6-5-9(10(13-6)12(16)17)14-11(15)8-3-4-18-7(8)2/h3-5,13H,1-2H3,(H,14,15)(H,16,17). The zero-order chi connectivity index (χ0) is 13.3. The molecule has 6 nitrogen and oxygen atoms in total. The van der Waals surface area contributed by atoms with Gasteiger partial charge in [0.25, 0.3) is 5.91 Å². The highest BCUT2D eigenvalue weighted by atomic mass is 16.4. The lowest BCUT2D eigenvalue weighted by Crippen LogP contribution is -2.14. The molecular formula is C12H12N2O4. The highest BCUT2D eigenvalue weighted by Crippen LogP contribution is 2.19. The quantitative estimate of drug-likeness (QED) is 0.775. The van der Waals surface area contributed by atoms with Crippen LogP contribution in [0.4, 0.5) is 5.69 Å². The van der Waals surface area contributed by atoms with Gasteiger partial charge < -0.3 is 19.8 Å². The van der Waals surface area contributed by atoms with Crippen molar-refractivity contribution in [2.45, 2.75) is 13.8 Å². The highest BCUT2D eigenvalue weighted by molar-refractivity contribution is 6.07. The van der Waals surface area contributed by atoms with Crippen molar-refractivity contribution in [3.05, 3.63) is 41.1 Å². The Bertz CT molecular complexity index is 609. The molecule has 0 fully saturated rings. The Kier molecular flexibility index (Phi) is 2.93. The second-order valence-electron chi connectivity index (χ2n) is 3.89. The van der Waals surface area contributed by atoms with Crippen LogP contribution in [0, 0.1) is 13.8 Å². The minimum Gasteiger partial charge on any atom is -0.477 e. The molecule has 2 rings (SSSR count). The zero-order valence-corrected chi connectivity index (χ0v) is 9.90. The number of aromatic carboxylic acids is 1. The molecule has 18 heavy (non-hydrogen) atoms. The minimum absolute atomic E-state index is 0.0398. The number of carboxylic acid groups (broad SMARTS) is 1. The van der Waals surface area contributed by atoms with Gasteiger partial charge in [0.1, 0.15) is 11.5 Å². The van der Waals surface area contributed by atoms with Gasteiger partial charge in [-0.25, -0.2) is 4.79 Å². The first kappa shape index (κ1) is 12.0. The summed E-state index contributed by atoms with van der Waals surface area (Å²) in [6, 6.07) is 3.10. The first-order valence-electron chi connectivity index (χ1n) is 5.27. The van der Waals surface area contributed by atoms with E-state index in [1.807, 2.05) is 0 Å². The van der Waals surface area contributed by atoms with E-state index in [4.69, 9.17) is 9.52 Å². The van der Waals surface area contributed by atoms with Crippen LogP contribution in [0.15, 0.2) is 22.8 Å². The molecule has 0 spiro atoms. The number of nitrogens with one attached hydrogen (secondary N) is 2. The molecule has 2 heterocycles. The number of aromatic nitrogens is 1. The van der Waals surface area contributed by atoms with E-state index in [9.17, 15) is 9.59 Å². The predicted molar refractivity (Wildman–Crippen MR) is 63.9 cm³/mol. The van der Waals surface area contributed by atoms with Crippen LogP contribution in [-0.4, -0.2) is 22.0 Å². The van der Waals surface area contributed by atoms with Crippen LogP contribution < -0.4 is 5.32 Å². The summed E-state index contributed by atoms with van der Waals surface area (Å²) in [5.74, 6) is -1.04. The van der Waals surface area contributed by atoms with E-state index in [1.165, 1.54) is 12.3 Å². The fourth-order valence-electron chi connectivity index (χ4n) is 1.67. The predicted octanol–water partition coefficient (Wildman–Crippen LogP) is 2.18. The number of carboxylic acids is 1. The molecule has 2 aromatic rings. The lowest BCUT2D eigenvalue weighted by Gasteiger charge is -2.03. The first-order valence-corrected chi connectivity index (χ1v) is 5.27. The van der Waals surface area contributed by atoms with Crippen LogP contribution in [0.5, 0.6) is 0 Å². The molecule has 6 heteroatoms. The molecule has 94 valence electrons. The first-order chi connectivity index (χ1) is 8.49. The average Bonchev–Trinajstić information content (AvgIpc) is 2.84. The Hall–Kier alpha value is -2.50. The van der Waals surface area contributed by atoms with Crippen LogP contribution in [0.25, 0.3) is 0 Å². The molecule has 0 saturated carbocycles. The van der Waals surface area contributed by atoms with Gasteiger partial charge in [0.2, 0.25) is 0 Å². The van der Waals surface area contributed by atoms with Crippen molar-refractivity contribution in [1.29, 1.82) is 0 Å². The van der Waals surface area contributed by atoms with Crippen LogP contribution in [-0.2, 0) is 0 Å². The summed E-state index contributed by atoms with van der Waals surface area (Å²) in [6.45, 7) is 3.38. The van der Waals surface area contributed by atoms with Crippen molar-refractivity contribution in [3.8, 4) is 0 Å². The molecule has 0 unspecified atom stereocenters. The Labute approximate surface area is 103 Å². The van der Waals surface area contributed by atoms with E-state index >= 15 is 0 Å². The summed E-state index contributed by atoms with van der Waals surface area (Å²) in [5.41, 5.74) is 1.24. The summed E-state index contributed by atoms with van der Waals surface area (Å²) < 4.78 is 5.02. The van der Waals surface area contributed by atoms with E-state index in [0.29, 0.717) is 17.0 Å². The minimum atomic E-state index is -1.12. The lowest BCUT2D eigenvalue weighted by atomic mass is 10.2. The average molecular weight is 248 g/mol. The summed E-state index contributed by atoms with van der Waals surface area (Å²) in [6.07, 6.45) is 1.41. The number of amides is 1.